The Morgan fingerprint density at radius 1 is 1.38 bits per heavy atom. The average molecular weight is 282 g/mol. The quantitative estimate of drug-likeness (QED) is 0.843. The van der Waals surface area contributed by atoms with Crippen LogP contribution in [0.3, 0.4) is 0 Å². The summed E-state index contributed by atoms with van der Waals surface area (Å²) in [7, 11) is 2.77. The molecule has 88 valence electrons. The van der Waals surface area contributed by atoms with E-state index >= 15 is 0 Å². The lowest BCUT2D eigenvalue weighted by Crippen LogP contribution is -2.19. The van der Waals surface area contributed by atoms with Gasteiger partial charge in [-0.05, 0) is 24.6 Å². The fraction of sp³-hybridized carbons (Fsp3) is 0.222. The van der Waals surface area contributed by atoms with Gasteiger partial charge in [0.05, 0.1) is 4.90 Å². The second-order valence-electron chi connectivity index (χ2n) is 3.09. The van der Waals surface area contributed by atoms with Crippen LogP contribution in [0.15, 0.2) is 17.0 Å². The normalized spacial score (nSPS) is 11.2. The summed E-state index contributed by atoms with van der Waals surface area (Å²) in [5.74, 6) is -0.415. The number of carbonyl (C=O) groups excluding carboxylic acids is 1. The molecule has 0 saturated carbocycles. The Hall–Kier alpha value is -0.780. The van der Waals surface area contributed by atoms with Crippen molar-refractivity contribution in [3.05, 3.63) is 28.3 Å². The highest BCUT2D eigenvalue weighted by Gasteiger charge is 2.19. The van der Waals surface area contributed by atoms with Crippen LogP contribution in [0.25, 0.3) is 0 Å². The number of amides is 1. The number of halogens is 2. The summed E-state index contributed by atoms with van der Waals surface area (Å²) in [5.41, 5.74) is 0.466. The first kappa shape index (κ1) is 13.3. The van der Waals surface area contributed by atoms with E-state index in [1.165, 1.54) is 26.1 Å². The van der Waals surface area contributed by atoms with Gasteiger partial charge in [-0.15, -0.1) is 0 Å². The van der Waals surface area contributed by atoms with Crippen molar-refractivity contribution in [3.8, 4) is 0 Å². The third kappa shape index (κ3) is 2.66. The number of benzene rings is 1. The van der Waals surface area contributed by atoms with Crippen LogP contribution < -0.4 is 5.32 Å². The van der Waals surface area contributed by atoms with Gasteiger partial charge < -0.3 is 5.32 Å². The van der Waals surface area contributed by atoms with Gasteiger partial charge in [0.2, 0.25) is 0 Å². The zero-order chi connectivity index (χ0) is 12.5. The molecule has 1 aromatic rings. The predicted molar refractivity (Wildman–Crippen MR) is 62.6 cm³/mol. The first-order chi connectivity index (χ1) is 7.27. The molecule has 0 aliphatic rings. The Morgan fingerprint density at radius 2 is 1.94 bits per heavy atom. The van der Waals surface area contributed by atoms with Gasteiger partial charge in [-0.2, -0.15) is 0 Å². The van der Waals surface area contributed by atoms with Gasteiger partial charge in [0.25, 0.3) is 15.0 Å². The minimum Gasteiger partial charge on any atom is -0.355 e. The molecule has 0 radical (unpaired) electrons. The monoisotopic (exact) mass is 281 g/mol. The molecule has 7 heteroatoms. The molecule has 16 heavy (non-hydrogen) atoms. The second-order valence-corrected chi connectivity index (χ2v) is 6.06. The van der Waals surface area contributed by atoms with Gasteiger partial charge in [0.15, 0.2) is 0 Å². The standard InChI is InChI=1S/C9H9Cl2NO3S/c1-5-7(9(13)12-2)3-6(10)4-8(5)16(11,14)15/h3-4H,1-2H3,(H,12,13). The minimum absolute atomic E-state index is 0.142. The summed E-state index contributed by atoms with van der Waals surface area (Å²) >= 11 is 5.73. The Labute approximate surface area is 103 Å². The molecule has 0 atom stereocenters. The fourth-order valence-corrected chi connectivity index (χ4v) is 2.78. The zero-order valence-electron chi connectivity index (χ0n) is 8.54. The van der Waals surface area contributed by atoms with E-state index < -0.39 is 15.0 Å². The molecule has 0 aromatic heterocycles. The maximum absolute atomic E-state index is 11.5. The molecule has 0 unspecified atom stereocenters. The lowest BCUT2D eigenvalue weighted by Gasteiger charge is -2.08. The molecule has 0 aliphatic carbocycles. The first-order valence-corrected chi connectivity index (χ1v) is 6.93. The lowest BCUT2D eigenvalue weighted by molar-refractivity contribution is 0.0962. The molecule has 0 heterocycles. The van der Waals surface area contributed by atoms with Crippen molar-refractivity contribution in [1.29, 1.82) is 0 Å². The lowest BCUT2D eigenvalue weighted by atomic mass is 10.1. The number of nitrogens with one attached hydrogen (secondary N) is 1. The molecular formula is C9H9Cl2NO3S. The summed E-state index contributed by atoms with van der Waals surface area (Å²) in [5, 5.41) is 2.53. The largest absolute Gasteiger partial charge is 0.355 e. The Kier molecular flexibility index (Phi) is 3.83. The molecule has 1 rings (SSSR count). The van der Waals surface area contributed by atoms with Crippen LogP contribution in [0.4, 0.5) is 0 Å². The number of rotatable bonds is 2. The van der Waals surface area contributed by atoms with E-state index in [1.54, 1.807) is 0 Å². The van der Waals surface area contributed by atoms with E-state index in [0.29, 0.717) is 0 Å². The van der Waals surface area contributed by atoms with Crippen molar-refractivity contribution in [3.63, 3.8) is 0 Å². The molecule has 4 nitrogen and oxygen atoms in total. The van der Waals surface area contributed by atoms with Crippen molar-refractivity contribution in [2.24, 2.45) is 0 Å². The molecule has 0 bridgehead atoms. The van der Waals surface area contributed by atoms with Crippen LogP contribution >= 0.6 is 22.3 Å². The Balaban J connectivity index is 3.56. The summed E-state index contributed by atoms with van der Waals surface area (Å²) in [6.07, 6.45) is 0. The number of hydrogen-bond donors (Lipinski definition) is 1. The van der Waals surface area contributed by atoms with E-state index in [9.17, 15) is 13.2 Å². The molecule has 0 spiro atoms. The van der Waals surface area contributed by atoms with Crippen LogP contribution in [0.2, 0.25) is 5.02 Å². The minimum atomic E-state index is -3.91. The molecule has 0 saturated heterocycles. The van der Waals surface area contributed by atoms with Crippen LogP contribution in [-0.2, 0) is 9.05 Å². The molecule has 1 amide bonds. The van der Waals surface area contributed by atoms with Crippen LogP contribution in [-0.4, -0.2) is 21.4 Å². The molecule has 0 fully saturated rings. The number of carbonyl (C=O) groups is 1. The molecule has 0 aliphatic heterocycles. The van der Waals surface area contributed by atoms with E-state index in [2.05, 4.69) is 5.32 Å². The van der Waals surface area contributed by atoms with Gasteiger partial charge in [0.1, 0.15) is 0 Å². The highest BCUT2D eigenvalue weighted by atomic mass is 35.7. The highest BCUT2D eigenvalue weighted by Crippen LogP contribution is 2.26. The summed E-state index contributed by atoms with van der Waals surface area (Å²) in [4.78, 5) is 11.3. The smallest absolute Gasteiger partial charge is 0.261 e. The summed E-state index contributed by atoms with van der Waals surface area (Å²) in [6, 6.07) is 2.60. The third-order valence-electron chi connectivity index (χ3n) is 2.06. The zero-order valence-corrected chi connectivity index (χ0v) is 10.9. The summed E-state index contributed by atoms with van der Waals surface area (Å²) in [6.45, 7) is 1.50. The van der Waals surface area contributed by atoms with Gasteiger partial charge in [-0.25, -0.2) is 8.42 Å². The van der Waals surface area contributed by atoms with Crippen LogP contribution in [0.1, 0.15) is 15.9 Å². The molecule has 1 N–H and O–H groups in total. The topological polar surface area (TPSA) is 63.2 Å². The van der Waals surface area contributed by atoms with E-state index in [4.69, 9.17) is 22.3 Å². The van der Waals surface area contributed by atoms with Crippen molar-refractivity contribution in [2.45, 2.75) is 11.8 Å². The Bertz CT molecular complexity index is 540. The van der Waals surface area contributed by atoms with E-state index in [0.717, 1.165) is 0 Å². The highest BCUT2D eigenvalue weighted by molar-refractivity contribution is 8.13. The van der Waals surface area contributed by atoms with Gasteiger partial charge in [-0.3, -0.25) is 4.79 Å². The first-order valence-electron chi connectivity index (χ1n) is 4.24. The van der Waals surface area contributed by atoms with Crippen LogP contribution in [0, 0.1) is 6.92 Å². The number of hydrogen-bond acceptors (Lipinski definition) is 3. The van der Waals surface area contributed by atoms with Crippen LogP contribution in [0.5, 0.6) is 0 Å². The maximum Gasteiger partial charge on any atom is 0.261 e. The fourth-order valence-electron chi connectivity index (χ4n) is 1.28. The molecule has 1 aromatic carbocycles. The van der Waals surface area contributed by atoms with Crippen molar-refractivity contribution in [2.75, 3.05) is 7.05 Å². The van der Waals surface area contributed by atoms with E-state index in [1.807, 2.05) is 0 Å². The van der Waals surface area contributed by atoms with Gasteiger partial charge in [0, 0.05) is 28.3 Å². The maximum atomic E-state index is 11.5. The summed E-state index contributed by atoms with van der Waals surface area (Å²) < 4.78 is 22.5. The van der Waals surface area contributed by atoms with E-state index in [-0.39, 0.29) is 21.0 Å². The third-order valence-corrected chi connectivity index (χ3v) is 3.73. The van der Waals surface area contributed by atoms with Gasteiger partial charge in [-0.1, -0.05) is 11.6 Å². The average Bonchev–Trinajstić information content (AvgIpc) is 2.18. The van der Waals surface area contributed by atoms with Crippen molar-refractivity contribution < 1.29 is 13.2 Å². The predicted octanol–water partition coefficient (Wildman–Crippen LogP) is 1.94. The Morgan fingerprint density at radius 3 is 2.38 bits per heavy atom. The van der Waals surface area contributed by atoms with Gasteiger partial charge >= 0.3 is 0 Å². The molecular weight excluding hydrogens is 273 g/mol. The van der Waals surface area contributed by atoms with Crippen molar-refractivity contribution in [1.82, 2.24) is 5.32 Å². The SMILES string of the molecule is CNC(=O)c1cc(Cl)cc(S(=O)(=O)Cl)c1C. The van der Waals surface area contributed by atoms with Crippen molar-refractivity contribution >= 4 is 37.2 Å². The second kappa shape index (κ2) is 4.61.